The standard InChI is InChI=1S/C19H20FN5O3/c1-11(26)23-9-15-10-25(19(27)28-15)14-6-7-16(17(20)8-14)12-2-4-13(5-3-12)18(21)24-22/h2-8,15H,9-10,22H2,1H3,(H2,21,24)(H,23,26)/t15-/m0/s1. The molecule has 0 bridgehead atoms. The van der Waals surface area contributed by atoms with Crippen molar-refractivity contribution in [3.8, 4) is 11.1 Å². The first-order valence-corrected chi connectivity index (χ1v) is 8.55. The number of hydrogen-bond acceptors (Lipinski definition) is 5. The van der Waals surface area contributed by atoms with Crippen LogP contribution < -0.4 is 21.8 Å². The zero-order valence-corrected chi connectivity index (χ0v) is 15.2. The predicted molar refractivity (Wildman–Crippen MR) is 103 cm³/mol. The van der Waals surface area contributed by atoms with Crippen molar-refractivity contribution in [2.45, 2.75) is 13.0 Å². The molecule has 0 unspecified atom stereocenters. The number of nitrogens with zero attached hydrogens (tertiary/aromatic N) is 2. The molecule has 9 heteroatoms. The highest BCUT2D eigenvalue weighted by Gasteiger charge is 2.32. The number of amides is 2. The topological polar surface area (TPSA) is 123 Å². The SMILES string of the molecule is CC(=O)NC[C@H]1CN(c2ccc(-c3ccc(/C(N)=N/N)cc3)c(F)c2)C(=O)O1. The zero-order chi connectivity index (χ0) is 20.3. The van der Waals surface area contributed by atoms with E-state index in [9.17, 15) is 14.0 Å². The number of cyclic esters (lactones) is 1. The third-order valence-corrected chi connectivity index (χ3v) is 4.35. The van der Waals surface area contributed by atoms with Crippen LogP contribution in [0.3, 0.4) is 0 Å². The Morgan fingerprint density at radius 3 is 2.64 bits per heavy atom. The molecule has 0 spiro atoms. The maximum atomic E-state index is 14.7. The number of hydrazone groups is 1. The molecule has 146 valence electrons. The fraction of sp³-hybridized carbons (Fsp3) is 0.211. The molecular formula is C19H20FN5O3. The first kappa shape index (κ1) is 19.2. The summed E-state index contributed by atoms with van der Waals surface area (Å²) in [7, 11) is 0. The number of hydrogen-bond donors (Lipinski definition) is 3. The van der Waals surface area contributed by atoms with Crippen LogP contribution in [0.1, 0.15) is 12.5 Å². The lowest BCUT2D eigenvalue weighted by Crippen LogP contribution is -2.33. The van der Waals surface area contributed by atoms with Gasteiger partial charge >= 0.3 is 6.09 Å². The summed E-state index contributed by atoms with van der Waals surface area (Å²) in [5.41, 5.74) is 7.68. The number of amidine groups is 1. The maximum absolute atomic E-state index is 14.7. The average molecular weight is 385 g/mol. The third-order valence-electron chi connectivity index (χ3n) is 4.35. The van der Waals surface area contributed by atoms with E-state index in [2.05, 4.69) is 10.4 Å². The Bertz CT molecular complexity index is 930. The zero-order valence-electron chi connectivity index (χ0n) is 15.2. The number of benzene rings is 2. The Labute approximate surface area is 160 Å². The summed E-state index contributed by atoms with van der Waals surface area (Å²) in [4.78, 5) is 24.4. The van der Waals surface area contributed by atoms with Crippen molar-refractivity contribution in [2.75, 3.05) is 18.0 Å². The molecule has 1 saturated heterocycles. The smallest absolute Gasteiger partial charge is 0.414 e. The van der Waals surface area contributed by atoms with Gasteiger partial charge in [-0.3, -0.25) is 9.69 Å². The fourth-order valence-electron chi connectivity index (χ4n) is 2.90. The number of carbonyl (C=O) groups excluding carboxylic acids is 2. The summed E-state index contributed by atoms with van der Waals surface area (Å²) >= 11 is 0. The average Bonchev–Trinajstić information content (AvgIpc) is 3.06. The number of carbonyl (C=O) groups is 2. The predicted octanol–water partition coefficient (Wildman–Crippen LogP) is 1.53. The van der Waals surface area contributed by atoms with E-state index in [1.54, 1.807) is 36.4 Å². The van der Waals surface area contributed by atoms with Gasteiger partial charge in [-0.25, -0.2) is 9.18 Å². The summed E-state index contributed by atoms with van der Waals surface area (Å²) in [5.74, 6) is 4.64. The van der Waals surface area contributed by atoms with Crippen molar-refractivity contribution in [1.82, 2.24) is 5.32 Å². The number of halogens is 1. The van der Waals surface area contributed by atoms with E-state index in [0.717, 1.165) is 0 Å². The molecule has 2 aromatic carbocycles. The highest BCUT2D eigenvalue weighted by molar-refractivity contribution is 5.97. The Morgan fingerprint density at radius 1 is 1.32 bits per heavy atom. The van der Waals surface area contributed by atoms with Gasteiger partial charge in [-0.1, -0.05) is 24.3 Å². The highest BCUT2D eigenvalue weighted by Crippen LogP contribution is 2.29. The van der Waals surface area contributed by atoms with Gasteiger partial charge < -0.3 is 21.6 Å². The van der Waals surface area contributed by atoms with Gasteiger partial charge in [0.2, 0.25) is 5.91 Å². The number of ether oxygens (including phenoxy) is 1. The molecule has 3 rings (SSSR count). The van der Waals surface area contributed by atoms with Gasteiger partial charge in [-0.15, -0.1) is 0 Å². The van der Waals surface area contributed by atoms with E-state index in [4.69, 9.17) is 16.3 Å². The molecule has 0 radical (unpaired) electrons. The largest absolute Gasteiger partial charge is 0.442 e. The molecule has 1 heterocycles. The van der Waals surface area contributed by atoms with Crippen LogP contribution in [0.4, 0.5) is 14.9 Å². The van der Waals surface area contributed by atoms with Crippen LogP contribution in [0.5, 0.6) is 0 Å². The lowest BCUT2D eigenvalue weighted by molar-refractivity contribution is -0.119. The van der Waals surface area contributed by atoms with Crippen LogP contribution in [-0.2, 0) is 9.53 Å². The molecule has 1 aliphatic rings. The van der Waals surface area contributed by atoms with E-state index in [1.807, 2.05) is 0 Å². The minimum absolute atomic E-state index is 0.184. The molecule has 28 heavy (non-hydrogen) atoms. The van der Waals surface area contributed by atoms with Gasteiger partial charge in [-0.2, -0.15) is 5.10 Å². The van der Waals surface area contributed by atoms with E-state index in [-0.39, 0.29) is 24.8 Å². The van der Waals surface area contributed by atoms with Gasteiger partial charge in [0.05, 0.1) is 18.8 Å². The molecule has 8 nitrogen and oxygen atoms in total. The van der Waals surface area contributed by atoms with Crippen LogP contribution in [0.2, 0.25) is 0 Å². The molecule has 5 N–H and O–H groups in total. The van der Waals surface area contributed by atoms with Crippen molar-refractivity contribution in [2.24, 2.45) is 16.7 Å². The fourth-order valence-corrected chi connectivity index (χ4v) is 2.90. The molecule has 0 aliphatic carbocycles. The van der Waals surface area contributed by atoms with E-state index < -0.39 is 18.0 Å². The number of nitrogens with two attached hydrogens (primary N) is 2. The number of nitrogens with one attached hydrogen (secondary N) is 1. The second-order valence-corrected chi connectivity index (χ2v) is 6.31. The van der Waals surface area contributed by atoms with Crippen LogP contribution in [-0.4, -0.2) is 37.0 Å². The second kappa shape index (κ2) is 7.95. The van der Waals surface area contributed by atoms with Gasteiger partial charge in [0, 0.05) is 18.1 Å². The molecule has 2 amide bonds. The van der Waals surface area contributed by atoms with Crippen LogP contribution in [0.15, 0.2) is 47.6 Å². The normalized spacial score (nSPS) is 16.8. The van der Waals surface area contributed by atoms with Crippen molar-refractivity contribution < 1.29 is 18.7 Å². The monoisotopic (exact) mass is 385 g/mol. The van der Waals surface area contributed by atoms with Crippen molar-refractivity contribution >= 4 is 23.5 Å². The Kier molecular flexibility index (Phi) is 5.44. The molecule has 1 aliphatic heterocycles. The molecule has 2 aromatic rings. The van der Waals surface area contributed by atoms with Crippen LogP contribution >= 0.6 is 0 Å². The first-order valence-electron chi connectivity index (χ1n) is 8.55. The Hall–Kier alpha value is -3.62. The third kappa shape index (κ3) is 4.03. The lowest BCUT2D eigenvalue weighted by Gasteiger charge is -2.14. The quantitative estimate of drug-likeness (QED) is 0.312. The van der Waals surface area contributed by atoms with E-state index >= 15 is 0 Å². The maximum Gasteiger partial charge on any atom is 0.414 e. The molecule has 0 saturated carbocycles. The highest BCUT2D eigenvalue weighted by atomic mass is 19.1. The second-order valence-electron chi connectivity index (χ2n) is 6.31. The molecular weight excluding hydrogens is 365 g/mol. The molecule has 0 aromatic heterocycles. The molecule has 1 fully saturated rings. The molecule has 1 atom stereocenters. The van der Waals surface area contributed by atoms with E-state index in [0.29, 0.717) is 22.4 Å². The van der Waals surface area contributed by atoms with Gasteiger partial charge in [0.15, 0.2) is 0 Å². The van der Waals surface area contributed by atoms with E-state index in [1.165, 1.54) is 17.9 Å². The summed E-state index contributed by atoms with van der Waals surface area (Å²) in [5, 5.41) is 6.01. The minimum Gasteiger partial charge on any atom is -0.442 e. The number of anilines is 1. The summed E-state index contributed by atoms with van der Waals surface area (Å²) in [6, 6.07) is 11.3. The van der Waals surface area contributed by atoms with Gasteiger partial charge in [0.25, 0.3) is 0 Å². The van der Waals surface area contributed by atoms with Crippen LogP contribution in [0.25, 0.3) is 11.1 Å². The summed E-state index contributed by atoms with van der Waals surface area (Å²) < 4.78 is 19.9. The van der Waals surface area contributed by atoms with Gasteiger partial charge in [-0.05, 0) is 23.8 Å². The van der Waals surface area contributed by atoms with Crippen molar-refractivity contribution in [3.05, 3.63) is 53.8 Å². The summed E-state index contributed by atoms with van der Waals surface area (Å²) in [6.07, 6.45) is -1.07. The lowest BCUT2D eigenvalue weighted by atomic mass is 10.0. The first-order chi connectivity index (χ1) is 13.4. The van der Waals surface area contributed by atoms with Gasteiger partial charge in [0.1, 0.15) is 17.8 Å². The van der Waals surface area contributed by atoms with Crippen molar-refractivity contribution in [1.29, 1.82) is 0 Å². The van der Waals surface area contributed by atoms with Crippen LogP contribution in [0, 0.1) is 5.82 Å². The number of rotatable bonds is 5. The Morgan fingerprint density at radius 2 is 2.04 bits per heavy atom. The summed E-state index contributed by atoms with van der Waals surface area (Å²) in [6.45, 7) is 1.82. The van der Waals surface area contributed by atoms with Crippen molar-refractivity contribution in [3.63, 3.8) is 0 Å². The minimum atomic E-state index is -0.580. The Balaban J connectivity index is 1.77.